The van der Waals surface area contributed by atoms with Crippen LogP contribution in [0.4, 0.5) is 0 Å². The molecule has 1 aromatic carbocycles. The van der Waals surface area contributed by atoms with Crippen LogP contribution in [0.15, 0.2) is 36.9 Å². The van der Waals surface area contributed by atoms with Gasteiger partial charge in [-0.25, -0.2) is 0 Å². The van der Waals surface area contributed by atoms with Crippen molar-refractivity contribution in [3.8, 4) is 0 Å². The summed E-state index contributed by atoms with van der Waals surface area (Å²) in [4.78, 5) is 0. The van der Waals surface area contributed by atoms with E-state index in [-0.39, 0.29) is 0 Å². The molecule has 14 heavy (non-hydrogen) atoms. The van der Waals surface area contributed by atoms with Crippen LogP contribution in [0.1, 0.15) is 24.9 Å². The first-order valence-corrected chi connectivity index (χ1v) is 5.21. The highest BCUT2D eigenvalue weighted by Gasteiger charge is 2.02. The van der Waals surface area contributed by atoms with Crippen LogP contribution in [-0.4, -0.2) is 6.54 Å². The molecule has 0 saturated carbocycles. The van der Waals surface area contributed by atoms with Gasteiger partial charge in [0, 0.05) is 11.1 Å². The van der Waals surface area contributed by atoms with Gasteiger partial charge in [0.25, 0.3) is 0 Å². The lowest BCUT2D eigenvalue weighted by molar-refractivity contribution is 0.581. The van der Waals surface area contributed by atoms with E-state index in [4.69, 9.17) is 11.6 Å². The Hall–Kier alpha value is -0.790. The largest absolute Gasteiger partial charge is 0.310 e. The first-order valence-electron chi connectivity index (χ1n) is 4.84. The Labute approximate surface area is 90.8 Å². The first-order chi connectivity index (χ1) is 6.74. The number of hydrogen-bond donors (Lipinski definition) is 1. The molecule has 0 spiro atoms. The maximum absolute atomic E-state index is 5.81. The minimum Gasteiger partial charge on any atom is -0.310 e. The molecule has 0 heterocycles. The molecule has 0 aliphatic carbocycles. The average Bonchev–Trinajstić information content (AvgIpc) is 2.19. The topological polar surface area (TPSA) is 12.0 Å². The summed E-state index contributed by atoms with van der Waals surface area (Å²) in [5.41, 5.74) is 1.26. The Morgan fingerprint density at radius 3 is 2.64 bits per heavy atom. The minimum absolute atomic E-state index is 0.368. The number of hydrogen-bond acceptors (Lipinski definition) is 1. The molecule has 0 unspecified atom stereocenters. The van der Waals surface area contributed by atoms with Crippen LogP contribution in [0.2, 0.25) is 5.02 Å². The highest BCUT2D eigenvalue weighted by molar-refractivity contribution is 6.30. The Morgan fingerprint density at radius 2 is 2.07 bits per heavy atom. The molecule has 0 radical (unpaired) electrons. The van der Waals surface area contributed by atoms with E-state index in [1.807, 2.05) is 30.3 Å². The number of halogens is 1. The fourth-order valence-corrected chi connectivity index (χ4v) is 1.40. The zero-order valence-corrected chi connectivity index (χ0v) is 9.22. The molecule has 0 amide bonds. The van der Waals surface area contributed by atoms with E-state index in [1.54, 1.807) is 0 Å². The second-order valence-corrected chi connectivity index (χ2v) is 3.74. The summed E-state index contributed by atoms with van der Waals surface area (Å²) in [7, 11) is 0. The van der Waals surface area contributed by atoms with Crippen molar-refractivity contribution >= 4 is 11.6 Å². The SMILES string of the molecule is C=CCCN[C@@H](C)c1ccc(Cl)cc1. The van der Waals surface area contributed by atoms with Crippen LogP contribution in [0, 0.1) is 0 Å². The lowest BCUT2D eigenvalue weighted by atomic mass is 10.1. The summed E-state index contributed by atoms with van der Waals surface area (Å²) in [5.74, 6) is 0. The monoisotopic (exact) mass is 209 g/mol. The molecule has 1 rings (SSSR count). The van der Waals surface area contributed by atoms with E-state index in [1.165, 1.54) is 5.56 Å². The zero-order chi connectivity index (χ0) is 10.4. The van der Waals surface area contributed by atoms with E-state index in [0.29, 0.717) is 6.04 Å². The lowest BCUT2D eigenvalue weighted by Gasteiger charge is -2.13. The predicted molar refractivity (Wildman–Crippen MR) is 62.7 cm³/mol. The van der Waals surface area contributed by atoms with E-state index in [9.17, 15) is 0 Å². The van der Waals surface area contributed by atoms with Crippen molar-refractivity contribution in [1.29, 1.82) is 0 Å². The third kappa shape index (κ3) is 3.52. The van der Waals surface area contributed by atoms with Gasteiger partial charge in [0.05, 0.1) is 0 Å². The third-order valence-corrected chi connectivity index (χ3v) is 2.42. The molecule has 1 nitrogen and oxygen atoms in total. The van der Waals surface area contributed by atoms with Gasteiger partial charge in [-0.15, -0.1) is 6.58 Å². The van der Waals surface area contributed by atoms with Gasteiger partial charge in [-0.05, 0) is 37.6 Å². The van der Waals surface area contributed by atoms with Crippen LogP contribution in [0.5, 0.6) is 0 Å². The predicted octanol–water partition coefficient (Wildman–Crippen LogP) is 3.57. The van der Waals surface area contributed by atoms with E-state index >= 15 is 0 Å². The van der Waals surface area contributed by atoms with Gasteiger partial charge in [-0.2, -0.15) is 0 Å². The summed E-state index contributed by atoms with van der Waals surface area (Å²) >= 11 is 5.81. The molecule has 2 heteroatoms. The maximum atomic E-state index is 5.81. The smallest absolute Gasteiger partial charge is 0.0406 e. The molecule has 0 aliphatic heterocycles. The van der Waals surface area contributed by atoms with E-state index in [2.05, 4.69) is 18.8 Å². The van der Waals surface area contributed by atoms with Crippen LogP contribution >= 0.6 is 11.6 Å². The Morgan fingerprint density at radius 1 is 1.43 bits per heavy atom. The normalized spacial score (nSPS) is 12.4. The zero-order valence-electron chi connectivity index (χ0n) is 8.46. The average molecular weight is 210 g/mol. The molecule has 0 aliphatic rings. The molecular weight excluding hydrogens is 194 g/mol. The number of benzene rings is 1. The van der Waals surface area contributed by atoms with Gasteiger partial charge in [0.2, 0.25) is 0 Å². The quantitative estimate of drug-likeness (QED) is 0.578. The second-order valence-electron chi connectivity index (χ2n) is 3.30. The van der Waals surface area contributed by atoms with Gasteiger partial charge in [-0.3, -0.25) is 0 Å². The third-order valence-electron chi connectivity index (χ3n) is 2.17. The van der Waals surface area contributed by atoms with E-state index < -0.39 is 0 Å². The van der Waals surface area contributed by atoms with E-state index in [0.717, 1.165) is 18.0 Å². The first kappa shape index (κ1) is 11.3. The van der Waals surface area contributed by atoms with Crippen molar-refractivity contribution in [1.82, 2.24) is 5.32 Å². The van der Waals surface area contributed by atoms with Crippen LogP contribution < -0.4 is 5.32 Å². The van der Waals surface area contributed by atoms with Crippen molar-refractivity contribution in [2.75, 3.05) is 6.54 Å². The lowest BCUT2D eigenvalue weighted by Crippen LogP contribution is -2.19. The number of nitrogens with one attached hydrogen (secondary N) is 1. The van der Waals surface area contributed by atoms with Crippen LogP contribution in [0.25, 0.3) is 0 Å². The summed E-state index contributed by atoms with van der Waals surface area (Å²) in [6.45, 7) is 6.80. The summed E-state index contributed by atoms with van der Waals surface area (Å²) in [6.07, 6.45) is 2.92. The minimum atomic E-state index is 0.368. The Bertz CT molecular complexity index is 279. The molecule has 1 aromatic rings. The molecular formula is C12H16ClN. The molecule has 1 atom stereocenters. The van der Waals surface area contributed by atoms with Crippen molar-refractivity contribution in [3.05, 3.63) is 47.5 Å². The van der Waals surface area contributed by atoms with Gasteiger partial charge in [0.15, 0.2) is 0 Å². The Balaban J connectivity index is 2.47. The summed E-state index contributed by atoms with van der Waals surface area (Å²) in [6, 6.07) is 8.31. The molecule has 0 bridgehead atoms. The van der Waals surface area contributed by atoms with Crippen molar-refractivity contribution in [2.24, 2.45) is 0 Å². The fraction of sp³-hybridized carbons (Fsp3) is 0.333. The van der Waals surface area contributed by atoms with Crippen molar-refractivity contribution in [2.45, 2.75) is 19.4 Å². The maximum Gasteiger partial charge on any atom is 0.0406 e. The van der Waals surface area contributed by atoms with Gasteiger partial charge >= 0.3 is 0 Å². The highest BCUT2D eigenvalue weighted by Crippen LogP contribution is 2.15. The van der Waals surface area contributed by atoms with Crippen molar-refractivity contribution < 1.29 is 0 Å². The fourth-order valence-electron chi connectivity index (χ4n) is 1.27. The molecule has 76 valence electrons. The van der Waals surface area contributed by atoms with Gasteiger partial charge in [-0.1, -0.05) is 29.8 Å². The van der Waals surface area contributed by atoms with Crippen molar-refractivity contribution in [3.63, 3.8) is 0 Å². The number of rotatable bonds is 5. The summed E-state index contributed by atoms with van der Waals surface area (Å²) in [5, 5.41) is 4.19. The molecule has 0 aromatic heterocycles. The second kappa shape index (κ2) is 5.84. The molecule has 0 saturated heterocycles. The van der Waals surface area contributed by atoms with Gasteiger partial charge < -0.3 is 5.32 Å². The molecule has 1 N–H and O–H groups in total. The highest BCUT2D eigenvalue weighted by atomic mass is 35.5. The van der Waals surface area contributed by atoms with Gasteiger partial charge in [0.1, 0.15) is 0 Å². The van der Waals surface area contributed by atoms with Crippen LogP contribution in [-0.2, 0) is 0 Å². The Kier molecular flexibility index (Phi) is 4.71. The molecule has 0 fully saturated rings. The summed E-state index contributed by atoms with van der Waals surface area (Å²) < 4.78 is 0. The standard InChI is InChI=1S/C12H16ClN/c1-3-4-9-14-10(2)11-5-7-12(13)8-6-11/h3,5-8,10,14H,1,4,9H2,2H3/t10-/m0/s1. The van der Waals surface area contributed by atoms with Crippen LogP contribution in [0.3, 0.4) is 0 Å².